The Labute approximate surface area is 124 Å². The van der Waals surface area contributed by atoms with Crippen molar-refractivity contribution in [1.82, 2.24) is 5.32 Å². The van der Waals surface area contributed by atoms with Gasteiger partial charge in [-0.05, 0) is 12.8 Å². The summed E-state index contributed by atoms with van der Waals surface area (Å²) in [5.74, 6) is -3.03. The molecule has 0 aromatic heterocycles. The van der Waals surface area contributed by atoms with Gasteiger partial charge in [-0.15, -0.1) is 0 Å². The molecule has 0 bridgehead atoms. The normalized spacial score (nSPS) is 15.0. The SMILES string of the molecule is [C-]#[N+]C(C(=O)OCCNC(=O)C(F)(F)F)=C1CCC(=O)CC1. The Morgan fingerprint density at radius 3 is 2.32 bits per heavy atom. The van der Waals surface area contributed by atoms with Gasteiger partial charge < -0.3 is 10.1 Å². The molecule has 0 aliphatic heterocycles. The van der Waals surface area contributed by atoms with Crippen molar-refractivity contribution in [3.63, 3.8) is 0 Å². The van der Waals surface area contributed by atoms with Gasteiger partial charge in [0.2, 0.25) is 0 Å². The number of esters is 1. The summed E-state index contributed by atoms with van der Waals surface area (Å²) in [6.07, 6.45) is -3.89. The van der Waals surface area contributed by atoms with Crippen molar-refractivity contribution in [1.29, 1.82) is 0 Å². The summed E-state index contributed by atoms with van der Waals surface area (Å²) >= 11 is 0. The third kappa shape index (κ3) is 5.20. The van der Waals surface area contributed by atoms with Crippen molar-refractivity contribution in [2.75, 3.05) is 13.2 Å². The van der Waals surface area contributed by atoms with E-state index in [4.69, 9.17) is 6.57 Å². The van der Waals surface area contributed by atoms with Crippen LogP contribution >= 0.6 is 0 Å². The molecule has 22 heavy (non-hydrogen) atoms. The number of amides is 1. The summed E-state index contributed by atoms with van der Waals surface area (Å²) in [5.41, 5.74) is 0.272. The van der Waals surface area contributed by atoms with Crippen LogP contribution in [-0.2, 0) is 19.1 Å². The molecule has 1 amide bonds. The van der Waals surface area contributed by atoms with Gasteiger partial charge >= 0.3 is 18.1 Å². The van der Waals surface area contributed by atoms with Gasteiger partial charge in [0.1, 0.15) is 12.4 Å². The van der Waals surface area contributed by atoms with Crippen LogP contribution in [0.15, 0.2) is 11.3 Å². The van der Waals surface area contributed by atoms with Crippen LogP contribution in [0.4, 0.5) is 13.2 Å². The van der Waals surface area contributed by atoms with Gasteiger partial charge in [-0.3, -0.25) is 14.4 Å². The van der Waals surface area contributed by atoms with E-state index in [0.29, 0.717) is 18.4 Å². The van der Waals surface area contributed by atoms with Crippen molar-refractivity contribution in [3.05, 3.63) is 22.7 Å². The fourth-order valence-corrected chi connectivity index (χ4v) is 1.81. The molecule has 6 nitrogen and oxygen atoms in total. The molecule has 1 aliphatic carbocycles. The molecule has 0 aromatic carbocycles. The lowest BCUT2D eigenvalue weighted by Gasteiger charge is -2.15. The van der Waals surface area contributed by atoms with E-state index in [1.807, 2.05) is 0 Å². The fourth-order valence-electron chi connectivity index (χ4n) is 1.81. The topological polar surface area (TPSA) is 76.8 Å². The number of Topliss-reactive ketones (excluding diaryl/α,β-unsaturated/α-hetero) is 1. The lowest BCUT2D eigenvalue weighted by molar-refractivity contribution is -0.173. The summed E-state index contributed by atoms with van der Waals surface area (Å²) in [7, 11) is 0. The van der Waals surface area contributed by atoms with Crippen molar-refractivity contribution in [2.24, 2.45) is 0 Å². The molecule has 1 aliphatic rings. The number of hydrogen-bond donors (Lipinski definition) is 1. The van der Waals surface area contributed by atoms with Crippen molar-refractivity contribution in [3.8, 4) is 0 Å². The molecule has 1 saturated carbocycles. The first kappa shape index (κ1) is 17.7. The van der Waals surface area contributed by atoms with Gasteiger partial charge in [0.05, 0.1) is 13.1 Å². The lowest BCUT2D eigenvalue weighted by Crippen LogP contribution is -2.38. The first-order chi connectivity index (χ1) is 10.3. The Hall–Kier alpha value is -2.37. The number of alkyl halides is 3. The highest BCUT2D eigenvalue weighted by atomic mass is 19.4. The molecular formula is C13H13F3N2O4. The zero-order chi connectivity index (χ0) is 16.8. The van der Waals surface area contributed by atoms with Crippen LogP contribution in [0.3, 0.4) is 0 Å². The third-order valence-corrected chi connectivity index (χ3v) is 2.93. The molecule has 0 atom stereocenters. The highest BCUT2D eigenvalue weighted by Crippen LogP contribution is 2.25. The van der Waals surface area contributed by atoms with E-state index in [2.05, 4.69) is 9.58 Å². The van der Waals surface area contributed by atoms with Crippen LogP contribution in [-0.4, -0.2) is 37.0 Å². The van der Waals surface area contributed by atoms with Crippen LogP contribution in [0.25, 0.3) is 4.85 Å². The standard InChI is InChI=1S/C13H13F3N2O4/c1-17-10(8-2-4-9(19)5-3-8)11(20)22-7-6-18-12(21)13(14,15)16/h2-7H2,(H,18,21). The van der Waals surface area contributed by atoms with Gasteiger partial charge in [-0.2, -0.15) is 13.2 Å². The highest BCUT2D eigenvalue weighted by molar-refractivity contribution is 5.92. The molecule has 0 aromatic rings. The molecule has 1 N–H and O–H groups in total. The maximum atomic E-state index is 11.9. The van der Waals surface area contributed by atoms with Crippen LogP contribution in [0.2, 0.25) is 0 Å². The van der Waals surface area contributed by atoms with Crippen molar-refractivity contribution in [2.45, 2.75) is 31.9 Å². The number of rotatable bonds is 4. The first-order valence-electron chi connectivity index (χ1n) is 6.39. The number of ketones is 1. The summed E-state index contributed by atoms with van der Waals surface area (Å²) in [6, 6.07) is 0. The van der Waals surface area contributed by atoms with E-state index >= 15 is 0 Å². The van der Waals surface area contributed by atoms with Crippen LogP contribution in [0.1, 0.15) is 25.7 Å². The maximum Gasteiger partial charge on any atom is 0.471 e. The summed E-state index contributed by atoms with van der Waals surface area (Å²) < 4.78 is 40.4. The van der Waals surface area contributed by atoms with E-state index in [1.54, 1.807) is 5.32 Å². The number of nitrogens with zero attached hydrogens (tertiary/aromatic N) is 1. The van der Waals surface area contributed by atoms with E-state index in [9.17, 15) is 27.6 Å². The summed E-state index contributed by atoms with van der Waals surface area (Å²) in [5, 5.41) is 1.54. The Bertz CT molecular complexity index is 534. The fraction of sp³-hybridized carbons (Fsp3) is 0.538. The van der Waals surface area contributed by atoms with E-state index in [0.717, 1.165) is 0 Å². The molecule has 0 heterocycles. The predicted molar refractivity (Wildman–Crippen MR) is 67.1 cm³/mol. The lowest BCUT2D eigenvalue weighted by atomic mass is 9.92. The van der Waals surface area contributed by atoms with E-state index in [-0.39, 0.29) is 24.3 Å². The second-order valence-corrected chi connectivity index (χ2v) is 4.49. The zero-order valence-corrected chi connectivity index (χ0v) is 11.5. The number of hydrogen-bond acceptors (Lipinski definition) is 4. The first-order valence-corrected chi connectivity index (χ1v) is 6.39. The Balaban J connectivity index is 2.47. The maximum absolute atomic E-state index is 11.9. The molecular weight excluding hydrogens is 305 g/mol. The average Bonchev–Trinajstić information content (AvgIpc) is 2.45. The van der Waals surface area contributed by atoms with Crippen LogP contribution in [0, 0.1) is 6.57 Å². The monoisotopic (exact) mass is 318 g/mol. The third-order valence-electron chi connectivity index (χ3n) is 2.93. The number of allylic oxidation sites excluding steroid dienone is 1. The van der Waals surface area contributed by atoms with Crippen molar-refractivity contribution >= 4 is 17.7 Å². The molecule has 120 valence electrons. The highest BCUT2D eigenvalue weighted by Gasteiger charge is 2.38. The molecule has 1 rings (SSSR count). The molecule has 0 spiro atoms. The van der Waals surface area contributed by atoms with Gasteiger partial charge in [0, 0.05) is 12.8 Å². The quantitative estimate of drug-likeness (QED) is 0.369. The number of ether oxygens (including phenoxy) is 1. The zero-order valence-electron chi connectivity index (χ0n) is 11.5. The Morgan fingerprint density at radius 1 is 1.23 bits per heavy atom. The number of carbonyl (C=O) groups excluding carboxylic acids is 3. The van der Waals surface area contributed by atoms with Crippen LogP contribution < -0.4 is 5.32 Å². The van der Waals surface area contributed by atoms with Crippen LogP contribution in [0.5, 0.6) is 0 Å². The summed E-state index contributed by atoms with van der Waals surface area (Å²) in [6.45, 7) is 5.98. The average molecular weight is 318 g/mol. The number of nitrogens with one attached hydrogen (secondary N) is 1. The Morgan fingerprint density at radius 2 is 1.82 bits per heavy atom. The van der Waals surface area contributed by atoms with Gasteiger partial charge in [-0.25, -0.2) is 4.85 Å². The van der Waals surface area contributed by atoms with Crippen molar-refractivity contribution < 1.29 is 32.3 Å². The van der Waals surface area contributed by atoms with E-state index < -0.39 is 31.2 Å². The molecule has 1 fully saturated rings. The van der Waals surface area contributed by atoms with E-state index in [1.165, 1.54) is 0 Å². The summed E-state index contributed by atoms with van der Waals surface area (Å²) in [4.78, 5) is 36.4. The van der Waals surface area contributed by atoms with Gasteiger partial charge in [-0.1, -0.05) is 5.57 Å². The molecule has 0 radical (unpaired) electrons. The Kier molecular flexibility index (Phi) is 6.10. The smallest absolute Gasteiger partial charge is 0.469 e. The molecule has 0 unspecified atom stereocenters. The minimum atomic E-state index is -5.00. The second kappa shape index (κ2) is 7.59. The minimum Gasteiger partial charge on any atom is -0.469 e. The number of carbonyl (C=O) groups is 3. The van der Waals surface area contributed by atoms with Gasteiger partial charge in [0.25, 0.3) is 5.70 Å². The largest absolute Gasteiger partial charge is 0.471 e. The second-order valence-electron chi connectivity index (χ2n) is 4.49. The molecule has 9 heteroatoms. The molecule has 0 saturated heterocycles. The predicted octanol–water partition coefficient (Wildman–Crippen LogP) is 1.52. The number of halogens is 3. The van der Waals surface area contributed by atoms with Gasteiger partial charge in [0.15, 0.2) is 0 Å². The minimum absolute atomic E-state index is 0.0521.